The van der Waals surface area contributed by atoms with Crippen LogP contribution in [0.3, 0.4) is 0 Å². The summed E-state index contributed by atoms with van der Waals surface area (Å²) >= 11 is 3.47. The maximum Gasteiger partial charge on any atom is 0.124 e. The van der Waals surface area contributed by atoms with Crippen molar-refractivity contribution >= 4 is 27.5 Å². The maximum atomic E-state index is 8.78. The first-order valence-corrected chi connectivity index (χ1v) is 7.52. The van der Waals surface area contributed by atoms with E-state index in [9.17, 15) is 0 Å². The van der Waals surface area contributed by atoms with Crippen LogP contribution in [-0.2, 0) is 4.74 Å². The van der Waals surface area contributed by atoms with E-state index in [1.165, 1.54) is 0 Å². The van der Waals surface area contributed by atoms with Gasteiger partial charge in [0, 0.05) is 28.8 Å². The number of aliphatic hydroxyl groups is 1. The van der Waals surface area contributed by atoms with Crippen molar-refractivity contribution in [3.63, 3.8) is 0 Å². The van der Waals surface area contributed by atoms with E-state index in [1.54, 1.807) is 0 Å². The highest BCUT2D eigenvalue weighted by molar-refractivity contribution is 9.10. The molecule has 0 aliphatic carbocycles. The van der Waals surface area contributed by atoms with Gasteiger partial charge in [0.1, 0.15) is 5.84 Å². The molecule has 1 aromatic carbocycles. The maximum absolute atomic E-state index is 8.78. The molecule has 1 aromatic rings. The predicted octanol–water partition coefficient (Wildman–Crippen LogP) is 1.71. The third kappa shape index (κ3) is 3.71. The molecule has 1 fully saturated rings. The molecule has 1 aliphatic heterocycles. The molecule has 110 valence electrons. The Morgan fingerprint density at radius 1 is 1.45 bits per heavy atom. The van der Waals surface area contributed by atoms with E-state index in [1.807, 2.05) is 18.2 Å². The lowest BCUT2D eigenvalue weighted by molar-refractivity contribution is 0.0159. The second-order valence-corrected chi connectivity index (χ2v) is 5.77. The zero-order chi connectivity index (χ0) is 14.5. The zero-order valence-corrected chi connectivity index (χ0v) is 12.9. The summed E-state index contributed by atoms with van der Waals surface area (Å²) in [5, 5.41) is 16.5. The van der Waals surface area contributed by atoms with Crippen LogP contribution in [0, 0.1) is 5.41 Å². The number of hydrogen-bond acceptors (Lipinski definition) is 4. The van der Waals surface area contributed by atoms with E-state index in [0.29, 0.717) is 6.61 Å². The molecule has 4 N–H and O–H groups in total. The Labute approximate surface area is 127 Å². The number of halogens is 1. The minimum Gasteiger partial charge on any atom is -0.394 e. The Morgan fingerprint density at radius 3 is 2.75 bits per heavy atom. The van der Waals surface area contributed by atoms with Gasteiger partial charge < -0.3 is 20.5 Å². The Balaban J connectivity index is 2.06. The highest BCUT2D eigenvalue weighted by atomic mass is 79.9. The van der Waals surface area contributed by atoms with Crippen LogP contribution in [0.5, 0.6) is 0 Å². The van der Waals surface area contributed by atoms with E-state index in [0.717, 1.165) is 41.7 Å². The molecule has 1 aliphatic rings. The van der Waals surface area contributed by atoms with Crippen LogP contribution in [0.15, 0.2) is 22.7 Å². The van der Waals surface area contributed by atoms with E-state index < -0.39 is 0 Å². The summed E-state index contributed by atoms with van der Waals surface area (Å²) in [6, 6.07) is 5.78. The molecule has 1 heterocycles. The predicted molar refractivity (Wildman–Crippen MR) is 83.4 cm³/mol. The minimum atomic E-state index is 0.0698. The molecular formula is C14H20BrN3O2. The molecule has 5 nitrogen and oxygen atoms in total. The minimum absolute atomic E-state index is 0.0698. The summed E-state index contributed by atoms with van der Waals surface area (Å²) in [6.45, 7) is 2.21. The fourth-order valence-corrected chi connectivity index (χ4v) is 2.83. The van der Waals surface area contributed by atoms with Gasteiger partial charge in [0.2, 0.25) is 0 Å². The molecule has 0 saturated carbocycles. The van der Waals surface area contributed by atoms with Crippen molar-refractivity contribution in [1.82, 2.24) is 0 Å². The molecule has 2 rings (SSSR count). The first kappa shape index (κ1) is 15.3. The smallest absolute Gasteiger partial charge is 0.124 e. The van der Waals surface area contributed by atoms with Gasteiger partial charge in [-0.05, 0) is 31.0 Å². The van der Waals surface area contributed by atoms with E-state index >= 15 is 0 Å². The Hall–Kier alpha value is -1.11. The number of amidine groups is 1. The van der Waals surface area contributed by atoms with Gasteiger partial charge in [0.25, 0.3) is 0 Å². The van der Waals surface area contributed by atoms with Crippen molar-refractivity contribution in [3.8, 4) is 0 Å². The molecular weight excluding hydrogens is 322 g/mol. The molecule has 0 amide bonds. The van der Waals surface area contributed by atoms with Crippen molar-refractivity contribution in [2.75, 3.05) is 31.2 Å². The first-order valence-electron chi connectivity index (χ1n) is 6.73. The third-order valence-corrected chi connectivity index (χ3v) is 3.97. The SMILES string of the molecule is N=C(N)c1ccc(Br)cc1N1CCC(OCCO)CC1. The Kier molecular flexibility index (Phi) is 5.39. The van der Waals surface area contributed by atoms with E-state index in [4.69, 9.17) is 21.0 Å². The number of piperidine rings is 1. The standard InChI is InChI=1S/C14H20BrN3O2/c15-10-1-2-12(14(16)17)13(9-10)18-5-3-11(4-6-18)20-8-7-19/h1-2,9,11,19H,3-8H2,(H3,16,17). The molecule has 6 heteroatoms. The molecule has 1 saturated heterocycles. The number of ether oxygens (including phenoxy) is 1. The van der Waals surface area contributed by atoms with Gasteiger partial charge in [0.05, 0.1) is 19.3 Å². The highest BCUT2D eigenvalue weighted by Crippen LogP contribution is 2.28. The van der Waals surface area contributed by atoms with Crippen molar-refractivity contribution in [3.05, 3.63) is 28.2 Å². The van der Waals surface area contributed by atoms with Crippen LogP contribution in [-0.4, -0.2) is 43.3 Å². The van der Waals surface area contributed by atoms with Gasteiger partial charge in [0.15, 0.2) is 0 Å². The molecule has 0 unspecified atom stereocenters. The number of aliphatic hydroxyl groups excluding tert-OH is 1. The number of hydrogen-bond donors (Lipinski definition) is 3. The Bertz CT molecular complexity index is 473. The molecule has 20 heavy (non-hydrogen) atoms. The van der Waals surface area contributed by atoms with Crippen LogP contribution in [0.25, 0.3) is 0 Å². The third-order valence-electron chi connectivity index (χ3n) is 3.48. The summed E-state index contributed by atoms with van der Waals surface area (Å²) < 4.78 is 6.55. The van der Waals surface area contributed by atoms with Crippen LogP contribution >= 0.6 is 15.9 Å². The number of nitrogens with one attached hydrogen (secondary N) is 1. The van der Waals surface area contributed by atoms with Gasteiger partial charge in [-0.1, -0.05) is 15.9 Å². The molecule has 0 atom stereocenters. The summed E-state index contributed by atoms with van der Waals surface area (Å²) in [5.41, 5.74) is 7.41. The van der Waals surface area contributed by atoms with Gasteiger partial charge in [-0.25, -0.2) is 0 Å². The summed E-state index contributed by atoms with van der Waals surface area (Å²) in [7, 11) is 0. The highest BCUT2D eigenvalue weighted by Gasteiger charge is 2.22. The van der Waals surface area contributed by atoms with Gasteiger partial charge in [-0.3, -0.25) is 5.41 Å². The fraction of sp³-hybridized carbons (Fsp3) is 0.500. The lowest BCUT2D eigenvalue weighted by atomic mass is 10.0. The number of nitrogens with zero attached hydrogens (tertiary/aromatic N) is 1. The molecule has 0 aromatic heterocycles. The molecule has 0 spiro atoms. The van der Waals surface area contributed by atoms with Gasteiger partial charge in [-0.2, -0.15) is 0 Å². The average Bonchev–Trinajstić information content (AvgIpc) is 2.45. The number of benzene rings is 1. The summed E-state index contributed by atoms with van der Waals surface area (Å²) in [5.74, 6) is 0.0890. The van der Waals surface area contributed by atoms with Crippen molar-refractivity contribution in [2.45, 2.75) is 18.9 Å². The normalized spacial score (nSPS) is 16.4. The second kappa shape index (κ2) is 7.06. The Morgan fingerprint density at radius 2 is 2.15 bits per heavy atom. The number of rotatable bonds is 5. The van der Waals surface area contributed by atoms with Crippen LogP contribution in [0.4, 0.5) is 5.69 Å². The van der Waals surface area contributed by atoms with Gasteiger partial charge in [-0.15, -0.1) is 0 Å². The lowest BCUT2D eigenvalue weighted by Gasteiger charge is -2.34. The summed E-state index contributed by atoms with van der Waals surface area (Å²) in [4.78, 5) is 2.24. The number of nitrogens with two attached hydrogens (primary N) is 1. The van der Waals surface area contributed by atoms with Gasteiger partial charge >= 0.3 is 0 Å². The summed E-state index contributed by atoms with van der Waals surface area (Å²) in [6.07, 6.45) is 2.06. The van der Waals surface area contributed by atoms with E-state index in [-0.39, 0.29) is 18.5 Å². The van der Waals surface area contributed by atoms with Crippen molar-refractivity contribution in [2.24, 2.45) is 5.73 Å². The van der Waals surface area contributed by atoms with Crippen LogP contribution < -0.4 is 10.6 Å². The average molecular weight is 342 g/mol. The molecule has 0 radical (unpaired) electrons. The first-order chi connectivity index (χ1) is 9.61. The second-order valence-electron chi connectivity index (χ2n) is 4.86. The largest absolute Gasteiger partial charge is 0.394 e. The topological polar surface area (TPSA) is 82.6 Å². The van der Waals surface area contributed by atoms with Crippen molar-refractivity contribution < 1.29 is 9.84 Å². The van der Waals surface area contributed by atoms with E-state index in [2.05, 4.69) is 20.8 Å². The monoisotopic (exact) mass is 341 g/mol. The molecule has 0 bridgehead atoms. The quantitative estimate of drug-likeness (QED) is 0.562. The number of nitrogen functional groups attached to an aromatic ring is 1. The fourth-order valence-electron chi connectivity index (χ4n) is 2.48. The lowest BCUT2D eigenvalue weighted by Crippen LogP contribution is -2.38. The number of anilines is 1. The van der Waals surface area contributed by atoms with Crippen LogP contribution in [0.2, 0.25) is 0 Å². The van der Waals surface area contributed by atoms with Crippen molar-refractivity contribution in [1.29, 1.82) is 5.41 Å². The van der Waals surface area contributed by atoms with Crippen LogP contribution in [0.1, 0.15) is 18.4 Å². The zero-order valence-electron chi connectivity index (χ0n) is 11.3.